The second-order valence-electron chi connectivity index (χ2n) is 6.61. The fourth-order valence-electron chi connectivity index (χ4n) is 3.30. The summed E-state index contributed by atoms with van der Waals surface area (Å²) in [7, 11) is 0. The fraction of sp³-hybridized carbons (Fsp3) is 0.684. The van der Waals surface area contributed by atoms with Gasteiger partial charge in [-0.15, -0.1) is 0 Å². The lowest BCUT2D eigenvalue weighted by Gasteiger charge is -2.34. The number of hydrogen-bond donors (Lipinski definition) is 1. The molecule has 1 N–H and O–H groups in total. The summed E-state index contributed by atoms with van der Waals surface area (Å²) in [5, 5.41) is 3.74. The first-order chi connectivity index (χ1) is 10.2. The highest BCUT2D eigenvalue weighted by atomic mass is 15.2. The second-order valence-corrected chi connectivity index (χ2v) is 6.61. The number of aryl methyl sites for hydroxylation is 1. The SMILES string of the molecule is CCCNC(CN1CCCC(C)C1)c1ccc(CC)cc1. The summed E-state index contributed by atoms with van der Waals surface area (Å²) in [4.78, 5) is 2.65. The van der Waals surface area contributed by atoms with Crippen molar-refractivity contribution >= 4 is 0 Å². The Morgan fingerprint density at radius 2 is 2.00 bits per heavy atom. The first-order valence-corrected chi connectivity index (χ1v) is 8.77. The van der Waals surface area contributed by atoms with Gasteiger partial charge in [-0.3, -0.25) is 0 Å². The molecule has 1 aromatic carbocycles. The van der Waals surface area contributed by atoms with Crippen molar-refractivity contribution in [2.75, 3.05) is 26.2 Å². The minimum atomic E-state index is 0.473. The Morgan fingerprint density at radius 1 is 1.24 bits per heavy atom. The first-order valence-electron chi connectivity index (χ1n) is 8.77. The quantitative estimate of drug-likeness (QED) is 0.815. The summed E-state index contributed by atoms with van der Waals surface area (Å²) in [6.45, 7) is 11.6. The van der Waals surface area contributed by atoms with Gasteiger partial charge in [0.1, 0.15) is 0 Å². The summed E-state index contributed by atoms with van der Waals surface area (Å²) >= 11 is 0. The van der Waals surface area contributed by atoms with Gasteiger partial charge in [0.2, 0.25) is 0 Å². The molecule has 1 aliphatic rings. The molecule has 0 radical (unpaired) electrons. The molecule has 1 saturated heterocycles. The number of likely N-dealkylation sites (tertiary alicyclic amines) is 1. The Bertz CT molecular complexity index is 399. The lowest BCUT2D eigenvalue weighted by molar-refractivity contribution is 0.167. The normalized spacial score (nSPS) is 21.4. The minimum absolute atomic E-state index is 0.473. The molecule has 1 aliphatic heterocycles. The van der Waals surface area contributed by atoms with Crippen LogP contribution in [0.15, 0.2) is 24.3 Å². The average molecular weight is 288 g/mol. The maximum atomic E-state index is 3.74. The number of nitrogens with zero attached hydrogens (tertiary/aromatic N) is 1. The van der Waals surface area contributed by atoms with Gasteiger partial charge >= 0.3 is 0 Å². The molecule has 21 heavy (non-hydrogen) atoms. The molecule has 2 atom stereocenters. The van der Waals surface area contributed by atoms with Gasteiger partial charge in [-0.05, 0) is 55.8 Å². The average Bonchev–Trinajstić information content (AvgIpc) is 2.51. The lowest BCUT2D eigenvalue weighted by atomic mass is 9.98. The van der Waals surface area contributed by atoms with Crippen LogP contribution in [0.4, 0.5) is 0 Å². The van der Waals surface area contributed by atoms with Crippen LogP contribution < -0.4 is 5.32 Å². The summed E-state index contributed by atoms with van der Waals surface area (Å²) in [6, 6.07) is 9.68. The molecule has 0 bridgehead atoms. The van der Waals surface area contributed by atoms with Gasteiger partial charge in [-0.25, -0.2) is 0 Å². The molecule has 2 nitrogen and oxygen atoms in total. The Morgan fingerprint density at radius 3 is 2.62 bits per heavy atom. The molecule has 2 rings (SSSR count). The van der Waals surface area contributed by atoms with Crippen LogP contribution in [0.2, 0.25) is 0 Å². The highest BCUT2D eigenvalue weighted by Gasteiger charge is 2.20. The fourth-order valence-corrected chi connectivity index (χ4v) is 3.30. The number of benzene rings is 1. The molecule has 2 heteroatoms. The maximum absolute atomic E-state index is 3.74. The molecule has 0 saturated carbocycles. The van der Waals surface area contributed by atoms with E-state index in [9.17, 15) is 0 Å². The van der Waals surface area contributed by atoms with E-state index in [0.29, 0.717) is 6.04 Å². The summed E-state index contributed by atoms with van der Waals surface area (Å²) in [6.07, 6.45) is 5.07. The largest absolute Gasteiger partial charge is 0.309 e. The van der Waals surface area contributed by atoms with E-state index in [1.54, 1.807) is 0 Å². The molecular weight excluding hydrogens is 256 g/mol. The third-order valence-electron chi connectivity index (χ3n) is 4.61. The molecule has 0 amide bonds. The van der Waals surface area contributed by atoms with Crippen molar-refractivity contribution in [3.8, 4) is 0 Å². The van der Waals surface area contributed by atoms with Gasteiger partial charge < -0.3 is 10.2 Å². The van der Waals surface area contributed by atoms with Crippen molar-refractivity contribution in [1.82, 2.24) is 10.2 Å². The Kier molecular flexibility index (Phi) is 6.72. The van der Waals surface area contributed by atoms with Crippen LogP contribution >= 0.6 is 0 Å². The smallest absolute Gasteiger partial charge is 0.0449 e. The third kappa shape index (κ3) is 5.12. The van der Waals surface area contributed by atoms with Crippen LogP contribution in [0, 0.1) is 5.92 Å². The highest BCUT2D eigenvalue weighted by Crippen LogP contribution is 2.21. The van der Waals surface area contributed by atoms with E-state index in [1.807, 2.05) is 0 Å². The van der Waals surface area contributed by atoms with E-state index in [1.165, 1.54) is 43.5 Å². The van der Waals surface area contributed by atoms with E-state index < -0.39 is 0 Å². The van der Waals surface area contributed by atoms with Crippen molar-refractivity contribution in [3.05, 3.63) is 35.4 Å². The number of piperidine rings is 1. The molecule has 0 aromatic heterocycles. The van der Waals surface area contributed by atoms with Crippen molar-refractivity contribution in [2.24, 2.45) is 5.92 Å². The highest BCUT2D eigenvalue weighted by molar-refractivity contribution is 5.25. The van der Waals surface area contributed by atoms with E-state index in [2.05, 4.69) is 55.3 Å². The van der Waals surface area contributed by atoms with Crippen LogP contribution in [0.3, 0.4) is 0 Å². The van der Waals surface area contributed by atoms with E-state index >= 15 is 0 Å². The predicted octanol–water partition coefficient (Wildman–Crippen LogP) is 4.02. The standard InChI is InChI=1S/C19H32N2/c1-4-12-20-19(15-21-13-6-7-16(3)14-21)18-10-8-17(5-2)9-11-18/h8-11,16,19-20H,4-7,12-15H2,1-3H3. The molecule has 118 valence electrons. The Labute approximate surface area is 130 Å². The van der Waals surface area contributed by atoms with Crippen molar-refractivity contribution in [1.29, 1.82) is 0 Å². The Hall–Kier alpha value is -0.860. The van der Waals surface area contributed by atoms with Crippen molar-refractivity contribution in [2.45, 2.75) is 52.5 Å². The second kappa shape index (κ2) is 8.55. The number of nitrogens with one attached hydrogen (secondary N) is 1. The zero-order chi connectivity index (χ0) is 15.1. The van der Waals surface area contributed by atoms with Crippen LogP contribution in [-0.4, -0.2) is 31.1 Å². The zero-order valence-corrected chi connectivity index (χ0v) is 14.1. The summed E-state index contributed by atoms with van der Waals surface area (Å²) in [5.74, 6) is 0.855. The number of hydrogen-bond acceptors (Lipinski definition) is 2. The van der Waals surface area contributed by atoms with E-state index in [4.69, 9.17) is 0 Å². The monoisotopic (exact) mass is 288 g/mol. The zero-order valence-electron chi connectivity index (χ0n) is 14.1. The van der Waals surface area contributed by atoms with Crippen molar-refractivity contribution in [3.63, 3.8) is 0 Å². The molecular formula is C19H32N2. The van der Waals surface area contributed by atoms with E-state index in [0.717, 1.165) is 25.4 Å². The van der Waals surface area contributed by atoms with Crippen LogP contribution in [0.25, 0.3) is 0 Å². The molecule has 0 spiro atoms. The van der Waals surface area contributed by atoms with Crippen LogP contribution in [0.5, 0.6) is 0 Å². The van der Waals surface area contributed by atoms with Crippen molar-refractivity contribution < 1.29 is 0 Å². The minimum Gasteiger partial charge on any atom is -0.309 e. The molecule has 1 fully saturated rings. The Balaban J connectivity index is 2.01. The molecule has 1 aromatic rings. The predicted molar refractivity (Wildman–Crippen MR) is 91.7 cm³/mol. The molecule has 0 aliphatic carbocycles. The number of rotatable bonds is 7. The topological polar surface area (TPSA) is 15.3 Å². The molecule has 1 heterocycles. The van der Waals surface area contributed by atoms with Gasteiger partial charge in [-0.1, -0.05) is 45.0 Å². The first kappa shape index (κ1) is 16.5. The van der Waals surface area contributed by atoms with Gasteiger partial charge in [0.05, 0.1) is 0 Å². The maximum Gasteiger partial charge on any atom is 0.0449 e. The van der Waals surface area contributed by atoms with Gasteiger partial charge in [0, 0.05) is 19.1 Å². The summed E-state index contributed by atoms with van der Waals surface area (Å²) < 4.78 is 0. The van der Waals surface area contributed by atoms with E-state index in [-0.39, 0.29) is 0 Å². The molecule has 2 unspecified atom stereocenters. The summed E-state index contributed by atoms with van der Waals surface area (Å²) in [5.41, 5.74) is 2.87. The van der Waals surface area contributed by atoms with Crippen LogP contribution in [0.1, 0.15) is 57.2 Å². The third-order valence-corrected chi connectivity index (χ3v) is 4.61. The van der Waals surface area contributed by atoms with Gasteiger partial charge in [-0.2, -0.15) is 0 Å². The lowest BCUT2D eigenvalue weighted by Crippen LogP contribution is -2.40. The van der Waals surface area contributed by atoms with Crippen LogP contribution in [-0.2, 0) is 6.42 Å². The van der Waals surface area contributed by atoms with Gasteiger partial charge in [0.25, 0.3) is 0 Å². The van der Waals surface area contributed by atoms with Gasteiger partial charge in [0.15, 0.2) is 0 Å².